The Labute approximate surface area is 127 Å². The number of aliphatic hydroxyl groups is 1. The van der Waals surface area contributed by atoms with Crippen LogP contribution in [0, 0.1) is 5.41 Å². The molecule has 0 bridgehead atoms. The third-order valence-electron chi connectivity index (χ3n) is 4.91. The molecule has 3 rings (SSSR count). The van der Waals surface area contributed by atoms with Crippen LogP contribution in [-0.2, 0) is 12.8 Å². The minimum Gasteiger partial charge on any atom is -0.393 e. The molecule has 2 aromatic rings. The average molecular weight is 280 g/mol. The van der Waals surface area contributed by atoms with Gasteiger partial charge in [0.15, 0.2) is 0 Å². The Bertz CT molecular complexity index is 505. The molecule has 0 heterocycles. The number of aliphatic hydroxyl groups excluding tert-OH is 1. The third-order valence-corrected chi connectivity index (χ3v) is 4.91. The summed E-state index contributed by atoms with van der Waals surface area (Å²) >= 11 is 0. The Balaban J connectivity index is 1.87. The fourth-order valence-electron chi connectivity index (χ4n) is 3.77. The first-order valence-electron chi connectivity index (χ1n) is 8.04. The summed E-state index contributed by atoms with van der Waals surface area (Å²) in [5.41, 5.74) is 2.68. The van der Waals surface area contributed by atoms with Crippen molar-refractivity contribution in [1.29, 1.82) is 0 Å². The van der Waals surface area contributed by atoms with Crippen LogP contribution in [0.25, 0.3) is 0 Å². The molecule has 0 aliphatic heterocycles. The molecule has 0 radical (unpaired) electrons. The van der Waals surface area contributed by atoms with E-state index in [9.17, 15) is 5.11 Å². The first-order chi connectivity index (χ1) is 10.3. The summed E-state index contributed by atoms with van der Waals surface area (Å²) in [6, 6.07) is 21.3. The lowest BCUT2D eigenvalue weighted by Gasteiger charge is -2.42. The molecule has 1 unspecified atom stereocenters. The van der Waals surface area contributed by atoms with Gasteiger partial charge < -0.3 is 5.11 Å². The minimum absolute atomic E-state index is 0.000949. The van der Waals surface area contributed by atoms with Crippen molar-refractivity contribution in [2.75, 3.05) is 0 Å². The van der Waals surface area contributed by atoms with E-state index in [0.717, 1.165) is 32.1 Å². The van der Waals surface area contributed by atoms with E-state index in [0.29, 0.717) is 0 Å². The van der Waals surface area contributed by atoms with Gasteiger partial charge in [-0.1, -0.05) is 73.5 Å². The molecule has 110 valence electrons. The zero-order valence-corrected chi connectivity index (χ0v) is 12.5. The second-order valence-corrected chi connectivity index (χ2v) is 6.45. The van der Waals surface area contributed by atoms with Crippen molar-refractivity contribution in [2.45, 2.75) is 44.6 Å². The summed E-state index contributed by atoms with van der Waals surface area (Å²) < 4.78 is 0. The van der Waals surface area contributed by atoms with Crippen LogP contribution in [0.5, 0.6) is 0 Å². The normalized spacial score (nSPS) is 21.1. The fourth-order valence-corrected chi connectivity index (χ4v) is 3.77. The highest BCUT2D eigenvalue weighted by Gasteiger charge is 2.39. The molecule has 1 fully saturated rings. The van der Waals surface area contributed by atoms with E-state index < -0.39 is 0 Å². The van der Waals surface area contributed by atoms with Crippen molar-refractivity contribution >= 4 is 0 Å². The Morgan fingerprint density at radius 3 is 1.81 bits per heavy atom. The van der Waals surface area contributed by atoms with Crippen molar-refractivity contribution in [3.63, 3.8) is 0 Å². The fraction of sp³-hybridized carbons (Fsp3) is 0.400. The van der Waals surface area contributed by atoms with Crippen LogP contribution in [0.3, 0.4) is 0 Å². The zero-order valence-electron chi connectivity index (χ0n) is 12.5. The van der Waals surface area contributed by atoms with Gasteiger partial charge in [0.1, 0.15) is 0 Å². The molecule has 1 aliphatic carbocycles. The first-order valence-corrected chi connectivity index (χ1v) is 8.04. The van der Waals surface area contributed by atoms with E-state index in [4.69, 9.17) is 0 Å². The average Bonchev–Trinajstić information content (AvgIpc) is 2.52. The van der Waals surface area contributed by atoms with E-state index in [-0.39, 0.29) is 11.5 Å². The lowest BCUT2D eigenvalue weighted by Crippen LogP contribution is -2.42. The maximum absolute atomic E-state index is 10.7. The third kappa shape index (κ3) is 3.36. The SMILES string of the molecule is OC1CCCCC1(Cc1ccccc1)Cc1ccccc1. The van der Waals surface area contributed by atoms with Crippen molar-refractivity contribution in [2.24, 2.45) is 5.41 Å². The predicted molar refractivity (Wildman–Crippen MR) is 87.2 cm³/mol. The zero-order chi connectivity index (χ0) is 14.5. The molecular formula is C20H24O. The van der Waals surface area contributed by atoms with Gasteiger partial charge in [-0.2, -0.15) is 0 Å². The van der Waals surface area contributed by atoms with Crippen LogP contribution in [0.1, 0.15) is 36.8 Å². The van der Waals surface area contributed by atoms with E-state index in [1.54, 1.807) is 0 Å². The highest BCUT2D eigenvalue weighted by molar-refractivity contribution is 5.22. The summed E-state index contributed by atoms with van der Waals surface area (Å²) in [5.74, 6) is 0. The van der Waals surface area contributed by atoms with Crippen LogP contribution in [0.15, 0.2) is 60.7 Å². The van der Waals surface area contributed by atoms with E-state index in [1.807, 2.05) is 0 Å². The molecule has 1 nitrogen and oxygen atoms in total. The molecule has 1 atom stereocenters. The molecule has 0 aromatic heterocycles. The quantitative estimate of drug-likeness (QED) is 0.880. The molecule has 0 amide bonds. The lowest BCUT2D eigenvalue weighted by molar-refractivity contribution is -0.0121. The Hall–Kier alpha value is -1.60. The number of rotatable bonds is 4. The first kappa shape index (κ1) is 14.3. The van der Waals surface area contributed by atoms with Gasteiger partial charge in [0, 0.05) is 5.41 Å². The Kier molecular flexibility index (Phi) is 4.40. The molecule has 0 spiro atoms. The molecular weight excluding hydrogens is 256 g/mol. The lowest BCUT2D eigenvalue weighted by atomic mass is 9.65. The molecule has 2 aromatic carbocycles. The van der Waals surface area contributed by atoms with Crippen molar-refractivity contribution in [3.05, 3.63) is 71.8 Å². The Morgan fingerprint density at radius 1 is 0.810 bits per heavy atom. The van der Waals surface area contributed by atoms with Gasteiger partial charge in [0.2, 0.25) is 0 Å². The van der Waals surface area contributed by atoms with Gasteiger partial charge in [-0.3, -0.25) is 0 Å². The maximum Gasteiger partial charge on any atom is 0.0602 e. The maximum atomic E-state index is 10.7. The minimum atomic E-state index is -0.188. The number of benzene rings is 2. The number of hydrogen-bond donors (Lipinski definition) is 1. The summed E-state index contributed by atoms with van der Waals surface area (Å²) in [6.45, 7) is 0. The molecule has 1 saturated carbocycles. The van der Waals surface area contributed by atoms with Crippen LogP contribution < -0.4 is 0 Å². The van der Waals surface area contributed by atoms with Crippen LogP contribution in [-0.4, -0.2) is 11.2 Å². The molecule has 1 heteroatoms. The van der Waals surface area contributed by atoms with Crippen molar-refractivity contribution < 1.29 is 5.11 Å². The van der Waals surface area contributed by atoms with Crippen molar-refractivity contribution in [3.8, 4) is 0 Å². The van der Waals surface area contributed by atoms with Gasteiger partial charge in [0.05, 0.1) is 6.10 Å². The topological polar surface area (TPSA) is 20.2 Å². The highest BCUT2D eigenvalue weighted by Crippen LogP contribution is 2.42. The molecule has 0 saturated heterocycles. The smallest absolute Gasteiger partial charge is 0.0602 e. The van der Waals surface area contributed by atoms with Gasteiger partial charge in [0.25, 0.3) is 0 Å². The summed E-state index contributed by atoms with van der Waals surface area (Å²) in [7, 11) is 0. The molecule has 1 N–H and O–H groups in total. The standard InChI is InChI=1S/C20H24O/c21-19-13-7-8-14-20(19,15-17-9-3-1-4-10-17)16-18-11-5-2-6-12-18/h1-6,9-12,19,21H,7-8,13-16H2. The second kappa shape index (κ2) is 6.44. The predicted octanol–water partition coefficient (Wildman–Crippen LogP) is 4.39. The van der Waals surface area contributed by atoms with Crippen LogP contribution in [0.2, 0.25) is 0 Å². The Morgan fingerprint density at radius 2 is 1.33 bits per heavy atom. The van der Waals surface area contributed by atoms with E-state index in [2.05, 4.69) is 60.7 Å². The van der Waals surface area contributed by atoms with Gasteiger partial charge >= 0.3 is 0 Å². The van der Waals surface area contributed by atoms with Gasteiger partial charge in [-0.05, 0) is 36.8 Å². The van der Waals surface area contributed by atoms with Gasteiger partial charge in [-0.15, -0.1) is 0 Å². The van der Waals surface area contributed by atoms with E-state index >= 15 is 0 Å². The van der Waals surface area contributed by atoms with Crippen LogP contribution in [0.4, 0.5) is 0 Å². The molecule has 21 heavy (non-hydrogen) atoms. The summed E-state index contributed by atoms with van der Waals surface area (Å²) in [6.07, 6.45) is 6.22. The summed E-state index contributed by atoms with van der Waals surface area (Å²) in [4.78, 5) is 0. The second-order valence-electron chi connectivity index (χ2n) is 6.45. The number of hydrogen-bond acceptors (Lipinski definition) is 1. The monoisotopic (exact) mass is 280 g/mol. The van der Waals surface area contributed by atoms with Crippen molar-refractivity contribution in [1.82, 2.24) is 0 Å². The highest BCUT2D eigenvalue weighted by atomic mass is 16.3. The van der Waals surface area contributed by atoms with Crippen LogP contribution >= 0.6 is 0 Å². The molecule has 1 aliphatic rings. The van der Waals surface area contributed by atoms with E-state index in [1.165, 1.54) is 17.5 Å². The summed E-state index contributed by atoms with van der Waals surface area (Å²) in [5, 5.41) is 10.7. The van der Waals surface area contributed by atoms with Gasteiger partial charge in [-0.25, -0.2) is 0 Å². The largest absolute Gasteiger partial charge is 0.393 e.